The van der Waals surface area contributed by atoms with Crippen LogP contribution in [-0.4, -0.2) is 17.3 Å². The lowest BCUT2D eigenvalue weighted by molar-refractivity contribution is 0.172. The molecule has 0 saturated heterocycles. The first-order valence-electron chi connectivity index (χ1n) is 5.06. The third-order valence-electron chi connectivity index (χ3n) is 2.75. The van der Waals surface area contributed by atoms with Gasteiger partial charge in [-0.05, 0) is 53.4 Å². The molecule has 0 radical (unpaired) electrons. The number of nitrogens with one attached hydrogen (secondary N) is 1. The number of hydrogen-bond acceptors (Lipinski definition) is 2. The van der Waals surface area contributed by atoms with Crippen molar-refractivity contribution in [3.63, 3.8) is 0 Å². The lowest BCUT2D eigenvalue weighted by atomic mass is 10.2. The Morgan fingerprint density at radius 2 is 2.07 bits per heavy atom. The normalized spacial score (nSPS) is 25.5. The molecule has 82 valence electrons. The maximum absolute atomic E-state index is 9.71. The summed E-state index contributed by atoms with van der Waals surface area (Å²) in [7, 11) is 0. The van der Waals surface area contributed by atoms with Crippen molar-refractivity contribution >= 4 is 37.5 Å². The Morgan fingerprint density at radius 1 is 1.27 bits per heavy atom. The van der Waals surface area contributed by atoms with E-state index in [1.54, 1.807) is 0 Å². The van der Waals surface area contributed by atoms with Crippen LogP contribution in [0.2, 0.25) is 0 Å². The van der Waals surface area contributed by atoms with Crippen molar-refractivity contribution in [3.8, 4) is 0 Å². The Hall–Kier alpha value is -0.0600. The third kappa shape index (κ3) is 2.74. The Bertz CT molecular complexity index is 356. The molecule has 1 aromatic rings. The highest BCUT2D eigenvalue weighted by atomic mass is 79.9. The molecule has 0 spiro atoms. The van der Waals surface area contributed by atoms with E-state index in [0.717, 1.165) is 33.9 Å². The third-order valence-corrected chi connectivity index (χ3v) is 3.90. The summed E-state index contributed by atoms with van der Waals surface area (Å²) in [4.78, 5) is 0. The number of halogens is 2. The molecule has 1 aliphatic carbocycles. The molecule has 2 N–H and O–H groups in total. The van der Waals surface area contributed by atoms with Crippen molar-refractivity contribution in [1.29, 1.82) is 0 Å². The van der Waals surface area contributed by atoms with Crippen LogP contribution in [0.4, 0.5) is 5.69 Å². The fourth-order valence-corrected chi connectivity index (χ4v) is 3.08. The molecule has 2 unspecified atom stereocenters. The van der Waals surface area contributed by atoms with Gasteiger partial charge in [0, 0.05) is 14.6 Å². The number of hydrogen-bond donors (Lipinski definition) is 2. The van der Waals surface area contributed by atoms with Crippen molar-refractivity contribution in [2.75, 3.05) is 5.32 Å². The zero-order valence-corrected chi connectivity index (χ0v) is 11.4. The maximum atomic E-state index is 9.71. The highest BCUT2D eigenvalue weighted by Gasteiger charge is 2.25. The van der Waals surface area contributed by atoms with E-state index in [9.17, 15) is 5.11 Å². The minimum atomic E-state index is -0.208. The standard InChI is InChI=1S/C11H13Br2NO/c12-7-4-5-9(8(13)6-7)14-10-2-1-3-11(10)15/h4-6,10-11,14-15H,1-3H2. The summed E-state index contributed by atoms with van der Waals surface area (Å²) in [6.45, 7) is 0. The number of anilines is 1. The molecule has 2 nitrogen and oxygen atoms in total. The largest absolute Gasteiger partial charge is 0.391 e. The first-order valence-corrected chi connectivity index (χ1v) is 6.65. The molecule has 0 bridgehead atoms. The Kier molecular flexibility index (Phi) is 3.69. The molecule has 2 atom stereocenters. The predicted molar refractivity (Wildman–Crippen MR) is 69.1 cm³/mol. The van der Waals surface area contributed by atoms with Crippen LogP contribution in [0.15, 0.2) is 27.1 Å². The second-order valence-electron chi connectivity index (χ2n) is 3.87. The number of aliphatic hydroxyl groups is 1. The zero-order valence-electron chi connectivity index (χ0n) is 8.21. The summed E-state index contributed by atoms with van der Waals surface area (Å²) in [6, 6.07) is 6.21. The number of rotatable bonds is 2. The highest BCUT2D eigenvalue weighted by molar-refractivity contribution is 9.11. The lowest BCUT2D eigenvalue weighted by Gasteiger charge is -2.18. The second-order valence-corrected chi connectivity index (χ2v) is 5.64. The fourth-order valence-electron chi connectivity index (χ4n) is 1.92. The molecular formula is C11H13Br2NO. The lowest BCUT2D eigenvalue weighted by Crippen LogP contribution is -2.27. The van der Waals surface area contributed by atoms with E-state index < -0.39 is 0 Å². The molecule has 1 fully saturated rings. The van der Waals surface area contributed by atoms with Gasteiger partial charge in [0.15, 0.2) is 0 Å². The van der Waals surface area contributed by atoms with E-state index in [4.69, 9.17) is 0 Å². The summed E-state index contributed by atoms with van der Waals surface area (Å²) in [5.41, 5.74) is 1.05. The molecule has 1 aromatic carbocycles. The van der Waals surface area contributed by atoms with E-state index in [1.165, 1.54) is 0 Å². The monoisotopic (exact) mass is 333 g/mol. The van der Waals surface area contributed by atoms with Crippen molar-refractivity contribution in [2.24, 2.45) is 0 Å². The van der Waals surface area contributed by atoms with Gasteiger partial charge in [-0.15, -0.1) is 0 Å². The molecule has 1 saturated carbocycles. The summed E-state index contributed by atoms with van der Waals surface area (Å²) >= 11 is 6.91. The van der Waals surface area contributed by atoms with Crippen LogP contribution < -0.4 is 5.32 Å². The van der Waals surface area contributed by atoms with Crippen molar-refractivity contribution in [1.82, 2.24) is 0 Å². The fraction of sp³-hybridized carbons (Fsp3) is 0.455. The Labute approximate surface area is 106 Å². The Balaban J connectivity index is 2.10. The highest BCUT2D eigenvalue weighted by Crippen LogP contribution is 2.29. The summed E-state index contributed by atoms with van der Waals surface area (Å²) in [5, 5.41) is 13.1. The first-order chi connectivity index (χ1) is 7.16. The van der Waals surface area contributed by atoms with Gasteiger partial charge in [0.25, 0.3) is 0 Å². The van der Waals surface area contributed by atoms with Gasteiger partial charge in [0.1, 0.15) is 0 Å². The van der Waals surface area contributed by atoms with Gasteiger partial charge >= 0.3 is 0 Å². The molecular weight excluding hydrogens is 322 g/mol. The second kappa shape index (κ2) is 4.85. The van der Waals surface area contributed by atoms with Crippen LogP contribution >= 0.6 is 31.9 Å². The first kappa shape index (κ1) is 11.4. The molecule has 0 aromatic heterocycles. The van der Waals surface area contributed by atoms with Gasteiger partial charge in [0.05, 0.1) is 12.1 Å². The van der Waals surface area contributed by atoms with Gasteiger partial charge in [-0.2, -0.15) is 0 Å². The molecule has 2 rings (SSSR count). The number of aliphatic hydroxyl groups excluding tert-OH is 1. The molecule has 15 heavy (non-hydrogen) atoms. The van der Waals surface area contributed by atoms with Crippen LogP contribution in [0.25, 0.3) is 0 Å². The zero-order chi connectivity index (χ0) is 10.8. The predicted octanol–water partition coefficient (Wildman–Crippen LogP) is 3.54. The van der Waals surface area contributed by atoms with E-state index in [2.05, 4.69) is 37.2 Å². The average molecular weight is 335 g/mol. The molecule has 0 aliphatic heterocycles. The molecule has 1 aliphatic rings. The van der Waals surface area contributed by atoms with Crippen molar-refractivity contribution in [2.45, 2.75) is 31.4 Å². The summed E-state index contributed by atoms with van der Waals surface area (Å²) in [5.74, 6) is 0. The van der Waals surface area contributed by atoms with E-state index in [-0.39, 0.29) is 12.1 Å². The maximum Gasteiger partial charge on any atom is 0.0741 e. The minimum absolute atomic E-state index is 0.197. The smallest absolute Gasteiger partial charge is 0.0741 e. The molecule has 0 amide bonds. The Morgan fingerprint density at radius 3 is 2.67 bits per heavy atom. The van der Waals surface area contributed by atoms with Crippen LogP contribution in [0.5, 0.6) is 0 Å². The van der Waals surface area contributed by atoms with Crippen LogP contribution in [0, 0.1) is 0 Å². The van der Waals surface area contributed by atoms with Crippen molar-refractivity contribution < 1.29 is 5.11 Å². The van der Waals surface area contributed by atoms with Crippen LogP contribution in [0.1, 0.15) is 19.3 Å². The average Bonchev–Trinajstić information content (AvgIpc) is 2.57. The van der Waals surface area contributed by atoms with Crippen LogP contribution in [0.3, 0.4) is 0 Å². The number of benzene rings is 1. The summed E-state index contributed by atoms with van der Waals surface area (Å²) < 4.78 is 2.07. The quantitative estimate of drug-likeness (QED) is 0.867. The van der Waals surface area contributed by atoms with Gasteiger partial charge in [-0.25, -0.2) is 0 Å². The summed E-state index contributed by atoms with van der Waals surface area (Å²) in [6.07, 6.45) is 2.85. The van der Waals surface area contributed by atoms with Gasteiger partial charge in [-0.1, -0.05) is 15.9 Å². The van der Waals surface area contributed by atoms with E-state index >= 15 is 0 Å². The van der Waals surface area contributed by atoms with Gasteiger partial charge in [-0.3, -0.25) is 0 Å². The van der Waals surface area contributed by atoms with Crippen molar-refractivity contribution in [3.05, 3.63) is 27.1 Å². The van der Waals surface area contributed by atoms with Gasteiger partial charge in [0.2, 0.25) is 0 Å². The SMILES string of the molecule is OC1CCCC1Nc1ccc(Br)cc1Br. The van der Waals surface area contributed by atoms with E-state index in [1.807, 2.05) is 18.2 Å². The molecule has 0 heterocycles. The topological polar surface area (TPSA) is 32.3 Å². The van der Waals surface area contributed by atoms with Crippen LogP contribution in [-0.2, 0) is 0 Å². The minimum Gasteiger partial charge on any atom is -0.391 e. The van der Waals surface area contributed by atoms with E-state index in [0.29, 0.717) is 0 Å². The van der Waals surface area contributed by atoms with Gasteiger partial charge < -0.3 is 10.4 Å². The molecule has 4 heteroatoms.